The highest BCUT2D eigenvalue weighted by molar-refractivity contribution is 6.00. The molecular weight excluding hydrogens is 388 g/mol. The molecule has 166 valence electrons. The number of allylic oxidation sites excluding steroid dienone is 3. The molecule has 1 aliphatic carbocycles. The second-order valence-electron chi connectivity index (χ2n) is 8.75. The van der Waals surface area contributed by atoms with Crippen molar-refractivity contribution in [3.63, 3.8) is 0 Å². The Morgan fingerprint density at radius 2 is 2.13 bits per heavy atom. The summed E-state index contributed by atoms with van der Waals surface area (Å²) >= 11 is 0. The molecule has 1 fully saturated rings. The van der Waals surface area contributed by atoms with E-state index in [2.05, 4.69) is 30.9 Å². The lowest BCUT2D eigenvalue weighted by Gasteiger charge is -2.29. The predicted molar refractivity (Wildman–Crippen MR) is 127 cm³/mol. The summed E-state index contributed by atoms with van der Waals surface area (Å²) in [6.07, 6.45) is 11.5. The number of ether oxygens (including phenoxy) is 1. The lowest BCUT2D eigenvalue weighted by Crippen LogP contribution is -2.39. The number of amides is 1. The van der Waals surface area contributed by atoms with Crippen LogP contribution < -0.4 is 5.32 Å². The number of nitrogens with one attached hydrogen (secondary N) is 1. The summed E-state index contributed by atoms with van der Waals surface area (Å²) in [6.45, 7) is 12.6. The first-order valence-electron chi connectivity index (χ1n) is 11.1. The molecule has 31 heavy (non-hydrogen) atoms. The van der Waals surface area contributed by atoms with Gasteiger partial charge in [-0.3, -0.25) is 9.79 Å². The molecular formula is C25H34N4O2. The Kier molecular flexibility index (Phi) is 7.80. The molecule has 1 saturated carbocycles. The SMILES string of the molecule is C=N/C=C\C=C(/C)c1cc(C)n2ccc(C(=O)NC3CCC(OCC(C)C)CC3)c2n1. The van der Waals surface area contributed by atoms with Gasteiger partial charge in [-0.2, -0.15) is 0 Å². The molecule has 0 atom stereocenters. The van der Waals surface area contributed by atoms with Gasteiger partial charge in [0.15, 0.2) is 0 Å². The number of hydrogen-bond donors (Lipinski definition) is 1. The van der Waals surface area contributed by atoms with Crippen molar-refractivity contribution in [2.45, 2.75) is 65.5 Å². The van der Waals surface area contributed by atoms with E-state index in [-0.39, 0.29) is 11.9 Å². The van der Waals surface area contributed by atoms with E-state index < -0.39 is 0 Å². The van der Waals surface area contributed by atoms with Crippen LogP contribution in [0.2, 0.25) is 0 Å². The van der Waals surface area contributed by atoms with Crippen LogP contribution in [0, 0.1) is 12.8 Å². The predicted octanol–water partition coefficient (Wildman–Crippen LogP) is 4.97. The number of hydrogen-bond acceptors (Lipinski definition) is 4. The van der Waals surface area contributed by atoms with Gasteiger partial charge in [0.25, 0.3) is 5.91 Å². The minimum Gasteiger partial charge on any atom is -0.378 e. The van der Waals surface area contributed by atoms with Crippen LogP contribution >= 0.6 is 0 Å². The smallest absolute Gasteiger partial charge is 0.255 e. The van der Waals surface area contributed by atoms with Crippen LogP contribution in [0.3, 0.4) is 0 Å². The summed E-state index contributed by atoms with van der Waals surface area (Å²) in [5.41, 5.74) is 4.16. The Hall–Kier alpha value is -2.73. The summed E-state index contributed by atoms with van der Waals surface area (Å²) in [5, 5.41) is 3.22. The van der Waals surface area contributed by atoms with Gasteiger partial charge in [0.05, 0.1) is 17.4 Å². The van der Waals surface area contributed by atoms with E-state index in [1.54, 1.807) is 6.20 Å². The van der Waals surface area contributed by atoms with Gasteiger partial charge in [0.2, 0.25) is 0 Å². The number of aliphatic imine (C=N–C) groups is 1. The van der Waals surface area contributed by atoms with Gasteiger partial charge in [0, 0.05) is 30.7 Å². The molecule has 3 rings (SSSR count). The monoisotopic (exact) mass is 422 g/mol. The van der Waals surface area contributed by atoms with Crippen molar-refractivity contribution in [3.05, 3.63) is 53.6 Å². The van der Waals surface area contributed by atoms with Crippen LogP contribution in [0.1, 0.15) is 68.2 Å². The highest BCUT2D eigenvalue weighted by Gasteiger charge is 2.24. The normalized spacial score (nSPS) is 20.0. The van der Waals surface area contributed by atoms with Crippen LogP contribution in [0.15, 0.2) is 41.7 Å². The van der Waals surface area contributed by atoms with Gasteiger partial charge in [-0.25, -0.2) is 4.98 Å². The van der Waals surface area contributed by atoms with Crippen LogP contribution in [0.5, 0.6) is 0 Å². The maximum Gasteiger partial charge on any atom is 0.255 e. The number of rotatable bonds is 8. The van der Waals surface area contributed by atoms with E-state index >= 15 is 0 Å². The summed E-state index contributed by atoms with van der Waals surface area (Å²) in [7, 11) is 0. The van der Waals surface area contributed by atoms with Gasteiger partial charge < -0.3 is 14.5 Å². The van der Waals surface area contributed by atoms with Gasteiger partial charge in [-0.15, -0.1) is 0 Å². The number of aryl methyl sites for hydroxylation is 1. The highest BCUT2D eigenvalue weighted by Crippen LogP contribution is 2.23. The third-order valence-corrected chi connectivity index (χ3v) is 5.67. The standard InChI is InChI=1S/C25H34N4O2/c1-17(2)16-31-21-10-8-20(9-11-21)27-25(30)22-12-14-29-19(4)15-23(28-24(22)29)18(3)7-6-13-26-5/h6-7,12-15,17,20-21H,5,8-11,16H2,1-4H3,(H,27,30)/b13-6-,18-7+. The Morgan fingerprint density at radius 3 is 2.81 bits per heavy atom. The largest absolute Gasteiger partial charge is 0.378 e. The minimum absolute atomic E-state index is 0.0597. The zero-order valence-electron chi connectivity index (χ0n) is 19.1. The zero-order chi connectivity index (χ0) is 22.4. The van der Waals surface area contributed by atoms with Crippen molar-refractivity contribution >= 4 is 23.8 Å². The molecule has 0 spiro atoms. The molecule has 6 nitrogen and oxygen atoms in total. The molecule has 2 aromatic rings. The quantitative estimate of drug-likeness (QED) is 0.482. The topological polar surface area (TPSA) is 68.0 Å². The van der Waals surface area contributed by atoms with Crippen LogP contribution in [-0.2, 0) is 4.74 Å². The second kappa shape index (κ2) is 10.5. The fourth-order valence-electron chi connectivity index (χ4n) is 3.91. The lowest BCUT2D eigenvalue weighted by molar-refractivity contribution is 0.00860. The van der Waals surface area contributed by atoms with E-state index in [1.807, 2.05) is 48.7 Å². The van der Waals surface area contributed by atoms with E-state index in [0.29, 0.717) is 23.2 Å². The van der Waals surface area contributed by atoms with Gasteiger partial charge in [0.1, 0.15) is 5.65 Å². The fraction of sp³-hybridized carbons (Fsp3) is 0.480. The number of fused-ring (bicyclic) bond motifs is 1. The summed E-state index contributed by atoms with van der Waals surface area (Å²) in [4.78, 5) is 21.5. The molecule has 0 aromatic carbocycles. The van der Waals surface area contributed by atoms with Gasteiger partial charge in [-0.1, -0.05) is 19.9 Å². The van der Waals surface area contributed by atoms with Crippen LogP contribution in [0.4, 0.5) is 0 Å². The van der Waals surface area contributed by atoms with Gasteiger partial charge >= 0.3 is 0 Å². The number of carbonyl (C=O) groups excluding carboxylic acids is 1. The Balaban J connectivity index is 1.71. The van der Waals surface area contributed by atoms with Crippen LogP contribution in [-0.4, -0.2) is 40.8 Å². The average molecular weight is 423 g/mol. The van der Waals surface area contributed by atoms with Crippen LogP contribution in [0.25, 0.3) is 11.2 Å². The van der Waals surface area contributed by atoms with E-state index in [1.165, 1.54) is 0 Å². The van der Waals surface area contributed by atoms with E-state index in [4.69, 9.17) is 9.72 Å². The number of aromatic nitrogens is 2. The fourth-order valence-corrected chi connectivity index (χ4v) is 3.91. The van der Waals surface area contributed by atoms with Crippen molar-refractivity contribution in [1.29, 1.82) is 0 Å². The van der Waals surface area contributed by atoms with Gasteiger partial charge in [-0.05, 0) is 75.9 Å². The van der Waals surface area contributed by atoms with Crippen molar-refractivity contribution in [2.24, 2.45) is 10.9 Å². The molecule has 1 amide bonds. The zero-order valence-corrected chi connectivity index (χ0v) is 19.1. The van der Waals surface area contributed by atoms with E-state index in [9.17, 15) is 4.79 Å². The maximum absolute atomic E-state index is 13.0. The number of nitrogens with zero attached hydrogens (tertiary/aromatic N) is 3. The van der Waals surface area contributed by atoms with Crippen molar-refractivity contribution < 1.29 is 9.53 Å². The second-order valence-corrected chi connectivity index (χ2v) is 8.75. The molecule has 0 aliphatic heterocycles. The Morgan fingerprint density at radius 1 is 1.39 bits per heavy atom. The van der Waals surface area contributed by atoms with E-state index in [0.717, 1.165) is 49.3 Å². The first kappa shape index (κ1) is 22.9. The summed E-state index contributed by atoms with van der Waals surface area (Å²) in [5.74, 6) is 0.491. The average Bonchev–Trinajstić information content (AvgIpc) is 3.18. The number of carbonyl (C=O) groups is 1. The molecule has 6 heteroatoms. The van der Waals surface area contributed by atoms with Crippen molar-refractivity contribution in [3.8, 4) is 0 Å². The molecule has 0 saturated heterocycles. The lowest BCUT2D eigenvalue weighted by atomic mass is 9.92. The maximum atomic E-state index is 13.0. The molecule has 0 unspecified atom stereocenters. The molecule has 0 radical (unpaired) electrons. The Labute approximate surface area is 185 Å². The third-order valence-electron chi connectivity index (χ3n) is 5.67. The molecule has 1 aliphatic rings. The summed E-state index contributed by atoms with van der Waals surface area (Å²) < 4.78 is 7.93. The minimum atomic E-state index is -0.0597. The first-order valence-corrected chi connectivity index (χ1v) is 11.1. The molecule has 2 heterocycles. The first-order chi connectivity index (χ1) is 14.9. The Bertz CT molecular complexity index is 979. The van der Waals surface area contributed by atoms with Crippen molar-refractivity contribution in [1.82, 2.24) is 14.7 Å². The molecule has 0 bridgehead atoms. The van der Waals surface area contributed by atoms with Crippen molar-refractivity contribution in [2.75, 3.05) is 6.61 Å². The molecule has 2 aromatic heterocycles. The summed E-state index contributed by atoms with van der Waals surface area (Å²) in [6, 6.07) is 4.06. The third kappa shape index (κ3) is 5.91. The highest BCUT2D eigenvalue weighted by atomic mass is 16.5. The molecule has 1 N–H and O–H groups in total.